The number of hydrogen-bond donors (Lipinski definition) is 0. The Morgan fingerprint density at radius 3 is 2.65 bits per heavy atom. The highest BCUT2D eigenvalue weighted by Crippen LogP contribution is 2.51. The zero-order valence-electron chi connectivity index (χ0n) is 9.74. The van der Waals surface area contributed by atoms with Crippen LogP contribution in [-0.2, 0) is 4.79 Å². The minimum Gasteiger partial charge on any atom is -0.426 e. The van der Waals surface area contributed by atoms with Gasteiger partial charge in [0.25, 0.3) is 0 Å². The summed E-state index contributed by atoms with van der Waals surface area (Å²) in [6, 6.07) is 7.71. The molecule has 2 rings (SSSR count). The lowest BCUT2D eigenvalue weighted by Crippen LogP contribution is -2.10. The molecule has 1 aliphatic carbocycles. The lowest BCUT2D eigenvalue weighted by atomic mass is 10.3. The summed E-state index contributed by atoms with van der Waals surface area (Å²) in [5.74, 6) is 0.392. The largest absolute Gasteiger partial charge is 0.426 e. The van der Waals surface area contributed by atoms with Crippen molar-refractivity contribution in [3.8, 4) is 5.75 Å². The second-order valence-electron chi connectivity index (χ2n) is 4.23. The number of hydrogen-bond acceptors (Lipinski definition) is 3. The van der Waals surface area contributed by atoms with E-state index in [0.29, 0.717) is 5.75 Å². The summed E-state index contributed by atoms with van der Waals surface area (Å²) in [4.78, 5) is 12.1. The molecule has 0 amide bonds. The summed E-state index contributed by atoms with van der Waals surface area (Å²) in [5.41, 5.74) is 0. The molecule has 0 spiro atoms. The van der Waals surface area contributed by atoms with Crippen LogP contribution in [0.3, 0.4) is 0 Å². The van der Waals surface area contributed by atoms with E-state index >= 15 is 0 Å². The molecule has 1 aliphatic rings. The highest BCUT2D eigenvalue weighted by atomic mass is 79.9. The average molecular weight is 315 g/mol. The van der Waals surface area contributed by atoms with Gasteiger partial charge in [0, 0.05) is 6.92 Å². The van der Waals surface area contributed by atoms with Gasteiger partial charge in [-0.05, 0) is 25.0 Å². The second kappa shape index (κ2) is 5.44. The first-order valence-electron chi connectivity index (χ1n) is 5.74. The number of halogens is 1. The van der Waals surface area contributed by atoms with Crippen LogP contribution >= 0.6 is 27.7 Å². The Bertz CT molecular complexity index is 414. The Morgan fingerprint density at radius 1 is 1.35 bits per heavy atom. The third-order valence-corrected chi connectivity index (χ3v) is 5.36. The van der Waals surface area contributed by atoms with E-state index in [2.05, 4.69) is 15.9 Å². The van der Waals surface area contributed by atoms with E-state index in [1.54, 1.807) is 11.8 Å². The van der Waals surface area contributed by atoms with Gasteiger partial charge in [0.15, 0.2) is 0 Å². The molecular formula is C13H15BrO2S. The first-order chi connectivity index (χ1) is 8.09. The normalized spacial score (nSPS) is 18.0. The van der Waals surface area contributed by atoms with Crippen LogP contribution in [0.25, 0.3) is 0 Å². The maximum atomic E-state index is 11.0. The van der Waals surface area contributed by atoms with Gasteiger partial charge in [-0.2, -0.15) is 0 Å². The van der Waals surface area contributed by atoms with Crippen molar-refractivity contribution in [3.05, 3.63) is 24.3 Å². The fourth-order valence-electron chi connectivity index (χ4n) is 1.98. The predicted octanol–water partition coefficient (Wildman–Crippen LogP) is 4.37. The Kier molecular flexibility index (Phi) is 4.15. The molecule has 0 saturated heterocycles. The second-order valence-corrected chi connectivity index (χ2v) is 7.70. The highest BCUT2D eigenvalue weighted by molar-refractivity contribution is 9.11. The Labute approximate surface area is 114 Å². The van der Waals surface area contributed by atoms with E-state index < -0.39 is 0 Å². The summed E-state index contributed by atoms with van der Waals surface area (Å²) in [7, 11) is 0. The van der Waals surface area contributed by atoms with Gasteiger partial charge in [0.05, 0.1) is 8.55 Å². The molecule has 0 bridgehead atoms. The molecule has 1 saturated carbocycles. The number of rotatable bonds is 3. The molecule has 0 atom stereocenters. The number of esters is 1. The van der Waals surface area contributed by atoms with E-state index in [1.807, 2.05) is 24.3 Å². The van der Waals surface area contributed by atoms with Crippen molar-refractivity contribution in [1.82, 2.24) is 0 Å². The SMILES string of the molecule is CC(=O)Oc1ccccc1SC1(Br)CCCC1. The third-order valence-electron chi connectivity index (χ3n) is 2.75. The Balaban J connectivity index is 2.17. The minimum atomic E-state index is -0.270. The number of carbonyl (C=O) groups is 1. The van der Waals surface area contributed by atoms with Gasteiger partial charge < -0.3 is 4.74 Å². The van der Waals surface area contributed by atoms with Gasteiger partial charge in [-0.1, -0.05) is 40.9 Å². The molecule has 2 nitrogen and oxygen atoms in total. The fourth-order valence-corrected chi connectivity index (χ4v) is 4.30. The summed E-state index contributed by atoms with van der Waals surface area (Å²) in [5, 5.41) is 0. The van der Waals surface area contributed by atoms with E-state index in [0.717, 1.165) is 17.7 Å². The van der Waals surface area contributed by atoms with Crippen molar-refractivity contribution >= 4 is 33.7 Å². The predicted molar refractivity (Wildman–Crippen MR) is 73.7 cm³/mol. The topological polar surface area (TPSA) is 26.3 Å². The van der Waals surface area contributed by atoms with Gasteiger partial charge in [-0.25, -0.2) is 0 Å². The van der Waals surface area contributed by atoms with Gasteiger partial charge in [0.2, 0.25) is 0 Å². The molecule has 0 aromatic heterocycles. The van der Waals surface area contributed by atoms with Crippen molar-refractivity contribution in [2.45, 2.75) is 41.2 Å². The number of benzene rings is 1. The monoisotopic (exact) mass is 314 g/mol. The van der Waals surface area contributed by atoms with Crippen LogP contribution < -0.4 is 4.74 Å². The van der Waals surface area contributed by atoms with E-state index in [1.165, 1.54) is 19.8 Å². The fraction of sp³-hybridized carbons (Fsp3) is 0.462. The molecule has 1 fully saturated rings. The van der Waals surface area contributed by atoms with Crippen LogP contribution in [0, 0.1) is 0 Å². The number of para-hydroxylation sites is 1. The molecule has 0 heterocycles. The minimum absolute atomic E-state index is 0.114. The highest BCUT2D eigenvalue weighted by Gasteiger charge is 2.32. The summed E-state index contributed by atoms with van der Waals surface area (Å²) < 4.78 is 5.33. The molecule has 0 unspecified atom stereocenters. The number of carbonyl (C=O) groups excluding carboxylic acids is 1. The van der Waals surface area contributed by atoms with Crippen LogP contribution in [0.5, 0.6) is 5.75 Å². The van der Waals surface area contributed by atoms with Crippen LogP contribution in [0.1, 0.15) is 32.6 Å². The van der Waals surface area contributed by atoms with Gasteiger partial charge in [-0.15, -0.1) is 11.8 Å². The molecule has 92 valence electrons. The van der Waals surface area contributed by atoms with Crippen molar-refractivity contribution in [1.29, 1.82) is 0 Å². The molecule has 17 heavy (non-hydrogen) atoms. The third kappa shape index (κ3) is 3.49. The molecule has 4 heteroatoms. The van der Waals surface area contributed by atoms with Crippen molar-refractivity contribution < 1.29 is 9.53 Å². The van der Waals surface area contributed by atoms with E-state index in [4.69, 9.17) is 4.74 Å². The van der Waals surface area contributed by atoms with E-state index in [-0.39, 0.29) is 9.63 Å². The number of ether oxygens (including phenoxy) is 1. The maximum absolute atomic E-state index is 11.0. The number of thioether (sulfide) groups is 1. The number of alkyl halides is 1. The lowest BCUT2D eigenvalue weighted by molar-refractivity contribution is -0.132. The standard InChI is InChI=1S/C13H15BrO2S/c1-10(15)16-11-6-2-3-7-12(11)17-13(14)8-4-5-9-13/h2-3,6-7H,4-5,8-9H2,1H3. The maximum Gasteiger partial charge on any atom is 0.308 e. The molecular weight excluding hydrogens is 300 g/mol. The molecule has 0 aliphatic heterocycles. The summed E-state index contributed by atoms with van der Waals surface area (Å²) in [6.07, 6.45) is 4.83. The molecule has 1 aromatic carbocycles. The first-order valence-corrected chi connectivity index (χ1v) is 7.35. The zero-order chi connectivity index (χ0) is 12.3. The van der Waals surface area contributed by atoms with Crippen molar-refractivity contribution in [2.24, 2.45) is 0 Å². The van der Waals surface area contributed by atoms with Gasteiger partial charge in [-0.3, -0.25) is 4.79 Å². The molecule has 0 N–H and O–H groups in total. The van der Waals surface area contributed by atoms with Crippen LogP contribution in [-0.4, -0.2) is 9.63 Å². The average Bonchev–Trinajstić information content (AvgIpc) is 2.67. The first kappa shape index (κ1) is 13.0. The smallest absolute Gasteiger partial charge is 0.308 e. The quantitative estimate of drug-likeness (QED) is 0.471. The zero-order valence-corrected chi connectivity index (χ0v) is 12.1. The summed E-state index contributed by atoms with van der Waals surface area (Å²) >= 11 is 5.57. The lowest BCUT2D eigenvalue weighted by Gasteiger charge is -2.21. The van der Waals surface area contributed by atoms with Crippen molar-refractivity contribution in [3.63, 3.8) is 0 Å². The molecule has 0 radical (unpaired) electrons. The Morgan fingerprint density at radius 2 is 2.00 bits per heavy atom. The van der Waals surface area contributed by atoms with Gasteiger partial charge in [0.1, 0.15) is 5.75 Å². The summed E-state index contributed by atoms with van der Waals surface area (Å²) in [6.45, 7) is 1.43. The molecule has 1 aromatic rings. The van der Waals surface area contributed by atoms with E-state index in [9.17, 15) is 4.79 Å². The van der Waals surface area contributed by atoms with Crippen molar-refractivity contribution in [2.75, 3.05) is 0 Å². The van der Waals surface area contributed by atoms with Crippen LogP contribution in [0.2, 0.25) is 0 Å². The Hall–Kier alpha value is -0.480. The van der Waals surface area contributed by atoms with Crippen LogP contribution in [0.4, 0.5) is 0 Å². The van der Waals surface area contributed by atoms with Crippen LogP contribution in [0.15, 0.2) is 29.2 Å². The van der Waals surface area contributed by atoms with Gasteiger partial charge >= 0.3 is 5.97 Å².